The SMILES string of the molecule is O=C(CCS(=O)(=O)c1ccccc1)N1CCOC(COc2ccc(-n3cncn3)cc2)C1. The van der Waals surface area contributed by atoms with Gasteiger partial charge in [-0.1, -0.05) is 18.2 Å². The van der Waals surface area contributed by atoms with Crippen LogP contribution in [-0.2, 0) is 19.4 Å². The minimum absolute atomic E-state index is 0.0610. The molecule has 2 heterocycles. The number of hydrogen-bond acceptors (Lipinski definition) is 7. The van der Waals surface area contributed by atoms with Gasteiger partial charge in [0.25, 0.3) is 0 Å². The molecule has 32 heavy (non-hydrogen) atoms. The zero-order valence-electron chi connectivity index (χ0n) is 17.4. The van der Waals surface area contributed by atoms with E-state index < -0.39 is 9.84 Å². The van der Waals surface area contributed by atoms with Gasteiger partial charge in [0.05, 0.1) is 29.5 Å². The van der Waals surface area contributed by atoms with E-state index in [9.17, 15) is 13.2 Å². The summed E-state index contributed by atoms with van der Waals surface area (Å²) < 4.78 is 38.0. The van der Waals surface area contributed by atoms with Crippen LogP contribution in [0.1, 0.15) is 6.42 Å². The highest BCUT2D eigenvalue weighted by atomic mass is 32.2. The van der Waals surface area contributed by atoms with E-state index in [1.165, 1.54) is 6.33 Å². The third-order valence-corrected chi connectivity index (χ3v) is 6.87. The average Bonchev–Trinajstić information content (AvgIpc) is 3.37. The van der Waals surface area contributed by atoms with Gasteiger partial charge in [0.1, 0.15) is 31.1 Å². The molecule has 1 aromatic heterocycles. The monoisotopic (exact) mass is 456 g/mol. The fourth-order valence-corrected chi connectivity index (χ4v) is 4.65. The van der Waals surface area contributed by atoms with Crippen LogP contribution >= 0.6 is 0 Å². The van der Waals surface area contributed by atoms with Crippen molar-refractivity contribution in [1.82, 2.24) is 19.7 Å². The fourth-order valence-electron chi connectivity index (χ4n) is 3.40. The maximum absolute atomic E-state index is 12.6. The number of amides is 1. The summed E-state index contributed by atoms with van der Waals surface area (Å²) in [7, 11) is -3.49. The third-order valence-electron chi connectivity index (χ3n) is 5.13. The third kappa shape index (κ3) is 5.51. The van der Waals surface area contributed by atoms with Crippen LogP contribution in [0.3, 0.4) is 0 Å². The highest BCUT2D eigenvalue weighted by Gasteiger charge is 2.26. The van der Waals surface area contributed by atoms with Crippen LogP contribution in [0.2, 0.25) is 0 Å². The summed E-state index contributed by atoms with van der Waals surface area (Å²) in [6.45, 7) is 1.47. The highest BCUT2D eigenvalue weighted by Crippen LogP contribution is 2.17. The van der Waals surface area contributed by atoms with Crippen LogP contribution in [0.25, 0.3) is 5.69 Å². The summed E-state index contributed by atoms with van der Waals surface area (Å²) in [5.41, 5.74) is 0.867. The second-order valence-electron chi connectivity index (χ2n) is 7.36. The van der Waals surface area contributed by atoms with E-state index in [1.807, 2.05) is 24.3 Å². The first-order valence-corrected chi connectivity index (χ1v) is 11.9. The number of aromatic nitrogens is 3. The lowest BCUT2D eigenvalue weighted by Gasteiger charge is -2.33. The van der Waals surface area contributed by atoms with Gasteiger partial charge in [-0.25, -0.2) is 18.1 Å². The van der Waals surface area contributed by atoms with Gasteiger partial charge in [-0.3, -0.25) is 4.79 Å². The van der Waals surface area contributed by atoms with Crippen LogP contribution < -0.4 is 4.74 Å². The Kier molecular flexibility index (Phi) is 6.81. The molecule has 0 aliphatic carbocycles. The number of carbonyl (C=O) groups is 1. The number of rotatable bonds is 8. The van der Waals surface area contributed by atoms with Crippen molar-refractivity contribution in [2.75, 3.05) is 32.1 Å². The van der Waals surface area contributed by atoms with Crippen LogP contribution in [0.4, 0.5) is 0 Å². The Morgan fingerprint density at radius 3 is 2.62 bits per heavy atom. The first kappa shape index (κ1) is 22.0. The second kappa shape index (κ2) is 9.92. The van der Waals surface area contributed by atoms with Gasteiger partial charge in [0.15, 0.2) is 9.84 Å². The van der Waals surface area contributed by atoms with E-state index in [2.05, 4.69) is 10.1 Å². The van der Waals surface area contributed by atoms with Crippen LogP contribution in [-0.4, -0.2) is 72.1 Å². The minimum atomic E-state index is -3.49. The largest absolute Gasteiger partial charge is 0.491 e. The topological polar surface area (TPSA) is 104 Å². The van der Waals surface area contributed by atoms with E-state index in [0.717, 1.165) is 5.69 Å². The lowest BCUT2D eigenvalue weighted by Crippen LogP contribution is -2.47. The Morgan fingerprint density at radius 1 is 1.12 bits per heavy atom. The van der Waals surface area contributed by atoms with Gasteiger partial charge in [0.2, 0.25) is 5.91 Å². The first-order valence-electron chi connectivity index (χ1n) is 10.3. The lowest BCUT2D eigenvalue weighted by atomic mass is 10.2. The molecule has 0 bridgehead atoms. The number of ether oxygens (including phenoxy) is 2. The van der Waals surface area contributed by atoms with Crippen molar-refractivity contribution >= 4 is 15.7 Å². The van der Waals surface area contributed by atoms with Crippen molar-refractivity contribution in [3.8, 4) is 11.4 Å². The molecular weight excluding hydrogens is 432 g/mol. The molecule has 4 rings (SSSR count). The molecule has 0 radical (unpaired) electrons. The first-order chi connectivity index (χ1) is 15.5. The molecule has 1 aliphatic rings. The molecule has 1 unspecified atom stereocenters. The summed E-state index contributed by atoms with van der Waals surface area (Å²) in [5.74, 6) is 0.261. The molecule has 1 fully saturated rings. The van der Waals surface area contributed by atoms with Gasteiger partial charge in [-0.05, 0) is 36.4 Å². The Hall–Kier alpha value is -3.24. The summed E-state index contributed by atoms with van der Waals surface area (Å²) in [6.07, 6.45) is 2.74. The Morgan fingerprint density at radius 2 is 1.91 bits per heavy atom. The number of morpholine rings is 1. The van der Waals surface area contributed by atoms with Gasteiger partial charge < -0.3 is 14.4 Å². The predicted octanol–water partition coefficient (Wildman–Crippen LogP) is 1.74. The standard InChI is InChI=1S/C22H24N4O5S/c27-22(10-13-32(28,29)21-4-2-1-3-5-21)25-11-12-30-20(14-25)15-31-19-8-6-18(7-9-19)26-17-23-16-24-26/h1-9,16-17,20H,10-15H2. The minimum Gasteiger partial charge on any atom is -0.491 e. The summed E-state index contributed by atoms with van der Waals surface area (Å²) in [4.78, 5) is 18.4. The molecule has 1 saturated heterocycles. The predicted molar refractivity (Wildman–Crippen MR) is 116 cm³/mol. The molecule has 0 saturated carbocycles. The van der Waals surface area contributed by atoms with Crippen LogP contribution in [0.15, 0.2) is 72.1 Å². The summed E-state index contributed by atoms with van der Waals surface area (Å²) >= 11 is 0. The molecule has 10 heteroatoms. The Bertz CT molecular complexity index is 1120. The van der Waals surface area contributed by atoms with Crippen molar-refractivity contribution < 1.29 is 22.7 Å². The highest BCUT2D eigenvalue weighted by molar-refractivity contribution is 7.91. The number of sulfone groups is 1. The summed E-state index contributed by atoms with van der Waals surface area (Å²) in [5, 5.41) is 4.08. The molecular formula is C22H24N4O5S. The number of hydrogen-bond donors (Lipinski definition) is 0. The number of benzene rings is 2. The average molecular weight is 457 g/mol. The van der Waals surface area contributed by atoms with E-state index in [4.69, 9.17) is 9.47 Å². The molecule has 1 atom stereocenters. The smallest absolute Gasteiger partial charge is 0.223 e. The summed E-state index contributed by atoms with van der Waals surface area (Å²) in [6, 6.07) is 15.6. The molecule has 0 spiro atoms. The second-order valence-corrected chi connectivity index (χ2v) is 9.47. The van der Waals surface area contributed by atoms with Gasteiger partial charge in [0, 0.05) is 13.0 Å². The molecule has 168 valence electrons. The number of nitrogens with zero attached hydrogens (tertiary/aromatic N) is 4. The van der Waals surface area contributed by atoms with E-state index in [-0.39, 0.29) is 35.7 Å². The molecule has 3 aromatic rings. The van der Waals surface area contributed by atoms with E-state index in [0.29, 0.717) is 25.4 Å². The van der Waals surface area contributed by atoms with Crippen molar-refractivity contribution in [2.45, 2.75) is 17.4 Å². The van der Waals surface area contributed by atoms with Crippen molar-refractivity contribution in [3.63, 3.8) is 0 Å². The van der Waals surface area contributed by atoms with Crippen LogP contribution in [0.5, 0.6) is 5.75 Å². The van der Waals surface area contributed by atoms with Gasteiger partial charge in [-0.15, -0.1) is 0 Å². The van der Waals surface area contributed by atoms with E-state index in [1.54, 1.807) is 46.2 Å². The van der Waals surface area contributed by atoms with Crippen molar-refractivity contribution in [1.29, 1.82) is 0 Å². The normalized spacial score (nSPS) is 16.6. The zero-order valence-corrected chi connectivity index (χ0v) is 18.2. The lowest BCUT2D eigenvalue weighted by molar-refractivity contribution is -0.139. The Balaban J connectivity index is 1.26. The molecule has 9 nitrogen and oxygen atoms in total. The van der Waals surface area contributed by atoms with Gasteiger partial charge in [-0.2, -0.15) is 5.10 Å². The maximum atomic E-state index is 12.6. The molecule has 2 aromatic carbocycles. The van der Waals surface area contributed by atoms with E-state index >= 15 is 0 Å². The van der Waals surface area contributed by atoms with Gasteiger partial charge >= 0.3 is 0 Å². The Labute approximate surface area is 186 Å². The molecule has 1 aliphatic heterocycles. The van der Waals surface area contributed by atoms with Crippen molar-refractivity contribution in [3.05, 3.63) is 67.3 Å². The maximum Gasteiger partial charge on any atom is 0.223 e. The molecule has 0 N–H and O–H groups in total. The zero-order chi connectivity index (χ0) is 22.4. The van der Waals surface area contributed by atoms with Crippen molar-refractivity contribution in [2.24, 2.45) is 0 Å². The molecule has 1 amide bonds. The quantitative estimate of drug-likeness (QED) is 0.509. The van der Waals surface area contributed by atoms with Crippen LogP contribution in [0, 0.1) is 0 Å². The number of carbonyl (C=O) groups excluding carboxylic acids is 1. The fraction of sp³-hybridized carbons (Fsp3) is 0.318.